The molecule has 10 heteroatoms. The van der Waals surface area contributed by atoms with Gasteiger partial charge >= 0.3 is 5.97 Å². The van der Waals surface area contributed by atoms with E-state index in [1.807, 2.05) is 13.8 Å². The Morgan fingerprint density at radius 2 is 1.89 bits per heavy atom. The fraction of sp³-hybridized carbons (Fsp3) is 0.393. The van der Waals surface area contributed by atoms with Gasteiger partial charge in [-0.25, -0.2) is 9.18 Å². The van der Waals surface area contributed by atoms with E-state index in [2.05, 4.69) is 0 Å². The zero-order valence-corrected chi connectivity index (χ0v) is 22.2. The number of carboxylic acids is 1. The number of carbonyl (C=O) groups is 2. The number of aliphatic hydroxyl groups is 1. The Kier molecular flexibility index (Phi) is 8.08. The largest absolute Gasteiger partial charge is 0.496 e. The van der Waals surface area contributed by atoms with E-state index in [1.165, 1.54) is 25.4 Å². The van der Waals surface area contributed by atoms with Crippen LogP contribution in [0.3, 0.4) is 0 Å². The first-order chi connectivity index (χ1) is 18.1. The van der Waals surface area contributed by atoms with Crippen LogP contribution >= 0.6 is 11.6 Å². The lowest BCUT2D eigenvalue weighted by Gasteiger charge is -2.27. The van der Waals surface area contributed by atoms with Gasteiger partial charge in [0.05, 0.1) is 30.3 Å². The highest BCUT2D eigenvalue weighted by Crippen LogP contribution is 2.34. The Labute approximate surface area is 224 Å². The number of aromatic nitrogens is 1. The quantitative estimate of drug-likeness (QED) is 0.422. The first-order valence-electron chi connectivity index (χ1n) is 12.5. The maximum atomic E-state index is 15.2. The van der Waals surface area contributed by atoms with Crippen LogP contribution in [0.25, 0.3) is 10.9 Å². The number of aromatic carboxylic acids is 1. The fourth-order valence-electron chi connectivity index (χ4n) is 5.00. The van der Waals surface area contributed by atoms with Gasteiger partial charge in [-0.3, -0.25) is 9.59 Å². The highest BCUT2D eigenvalue weighted by Gasteiger charge is 2.25. The van der Waals surface area contributed by atoms with E-state index in [0.29, 0.717) is 35.5 Å². The van der Waals surface area contributed by atoms with Crippen molar-refractivity contribution in [3.05, 3.63) is 68.2 Å². The number of rotatable bonds is 8. The van der Waals surface area contributed by atoms with E-state index in [-0.39, 0.29) is 40.8 Å². The fourth-order valence-corrected chi connectivity index (χ4v) is 5.23. The molecule has 0 unspecified atom stereocenters. The molecule has 2 heterocycles. The van der Waals surface area contributed by atoms with Gasteiger partial charge in [-0.1, -0.05) is 25.4 Å². The number of nitrogens with zero attached hydrogens (tertiary/aromatic N) is 2. The molecule has 202 valence electrons. The number of fused-ring (bicyclic) bond motifs is 1. The summed E-state index contributed by atoms with van der Waals surface area (Å²) in [6.45, 7) is 4.00. The van der Waals surface area contributed by atoms with Gasteiger partial charge in [0, 0.05) is 42.7 Å². The molecule has 8 nitrogen and oxygen atoms in total. The van der Waals surface area contributed by atoms with Crippen LogP contribution in [0.5, 0.6) is 5.75 Å². The zero-order chi connectivity index (χ0) is 27.7. The van der Waals surface area contributed by atoms with Gasteiger partial charge in [-0.15, -0.1) is 0 Å². The molecule has 1 fully saturated rings. The molecule has 3 aromatic rings. The molecule has 0 saturated carbocycles. The number of methoxy groups -OCH3 is 1. The Hall–Kier alpha value is -3.43. The maximum Gasteiger partial charge on any atom is 0.341 e. The molecular weight excluding hydrogens is 515 g/mol. The summed E-state index contributed by atoms with van der Waals surface area (Å²) in [7, 11) is 1.44. The van der Waals surface area contributed by atoms with Crippen LogP contribution in [0.2, 0.25) is 5.02 Å². The summed E-state index contributed by atoms with van der Waals surface area (Å²) in [6.07, 6.45) is 3.26. The molecule has 2 aromatic carbocycles. The van der Waals surface area contributed by atoms with E-state index in [9.17, 15) is 24.6 Å². The Morgan fingerprint density at radius 1 is 1.16 bits per heavy atom. The summed E-state index contributed by atoms with van der Waals surface area (Å²) in [5.41, 5.74) is 0.391. The number of hydrogen-bond donors (Lipinski definition) is 2. The number of hydrogen-bond acceptors (Lipinski definition) is 5. The van der Waals surface area contributed by atoms with Crippen molar-refractivity contribution in [3.8, 4) is 5.75 Å². The normalized spacial score (nSPS) is 14.8. The van der Waals surface area contributed by atoms with Crippen LogP contribution in [-0.4, -0.2) is 46.9 Å². The highest BCUT2D eigenvalue weighted by atomic mass is 35.5. The summed E-state index contributed by atoms with van der Waals surface area (Å²) in [6, 6.07) is 5.60. The molecule has 1 atom stereocenters. The minimum Gasteiger partial charge on any atom is -0.496 e. The van der Waals surface area contributed by atoms with Gasteiger partial charge in [0.15, 0.2) is 0 Å². The van der Waals surface area contributed by atoms with E-state index in [4.69, 9.17) is 16.3 Å². The van der Waals surface area contributed by atoms with Gasteiger partial charge in [0.1, 0.15) is 17.1 Å². The van der Waals surface area contributed by atoms with E-state index < -0.39 is 28.8 Å². The number of anilines is 1. The number of pyridine rings is 1. The molecule has 1 amide bonds. The average molecular weight is 545 g/mol. The number of ether oxygens (including phenoxy) is 1. The first kappa shape index (κ1) is 27.6. The maximum absolute atomic E-state index is 15.2. The van der Waals surface area contributed by atoms with Gasteiger partial charge in [0.2, 0.25) is 11.3 Å². The molecular formula is C28H30ClFN2O6. The summed E-state index contributed by atoms with van der Waals surface area (Å²) in [5, 5.41) is 19.7. The standard InChI is InChI=1S/C28H30ClFN2O6/c1-15(2)23(14-33)32-13-20(28(36)37)27(35)19-10-16(24(38-3)12-22(19)32)8-17-9-18(11-21(29)26(17)30)31-7-5-4-6-25(31)34/h9-13,15,23,33H,4-8,14H2,1-3H3,(H,36,37)/t23-/m1/s1. The molecule has 2 N–H and O–H groups in total. The smallest absolute Gasteiger partial charge is 0.341 e. The molecule has 0 radical (unpaired) electrons. The van der Waals surface area contributed by atoms with Gasteiger partial charge in [-0.2, -0.15) is 0 Å². The molecule has 0 aliphatic carbocycles. The summed E-state index contributed by atoms with van der Waals surface area (Å²) < 4.78 is 22.4. The number of benzene rings is 2. The van der Waals surface area contributed by atoms with Crippen LogP contribution in [0.15, 0.2) is 35.3 Å². The third kappa shape index (κ3) is 5.13. The lowest BCUT2D eigenvalue weighted by Crippen LogP contribution is -2.35. The minimum absolute atomic E-state index is 0.0229. The second-order valence-corrected chi connectivity index (χ2v) is 10.2. The van der Waals surface area contributed by atoms with Crippen LogP contribution in [0.4, 0.5) is 10.1 Å². The number of carbonyl (C=O) groups excluding carboxylic acids is 1. The predicted molar refractivity (Wildman–Crippen MR) is 143 cm³/mol. The highest BCUT2D eigenvalue weighted by molar-refractivity contribution is 6.31. The Balaban J connectivity index is 1.90. The number of halogens is 2. The Bertz CT molecular complexity index is 1470. The molecule has 1 aliphatic heterocycles. The molecule has 4 rings (SSSR count). The average Bonchev–Trinajstić information content (AvgIpc) is 2.88. The van der Waals surface area contributed by atoms with Crippen molar-refractivity contribution in [2.75, 3.05) is 25.2 Å². The molecule has 0 spiro atoms. The molecule has 1 aliphatic rings. The molecule has 38 heavy (non-hydrogen) atoms. The summed E-state index contributed by atoms with van der Waals surface area (Å²) >= 11 is 6.22. The van der Waals surface area contributed by atoms with Crippen molar-refractivity contribution >= 4 is 40.1 Å². The molecule has 0 bridgehead atoms. The predicted octanol–water partition coefficient (Wildman–Crippen LogP) is 4.80. The van der Waals surface area contributed by atoms with Crippen molar-refractivity contribution in [3.63, 3.8) is 0 Å². The second kappa shape index (κ2) is 11.1. The van der Waals surface area contributed by atoms with Crippen molar-refractivity contribution in [2.24, 2.45) is 5.92 Å². The van der Waals surface area contributed by atoms with Crippen LogP contribution < -0.4 is 15.1 Å². The minimum atomic E-state index is -1.39. The lowest BCUT2D eigenvalue weighted by molar-refractivity contribution is -0.119. The number of amides is 1. The Morgan fingerprint density at radius 3 is 2.50 bits per heavy atom. The third-order valence-electron chi connectivity index (χ3n) is 7.08. The molecule has 1 saturated heterocycles. The number of piperidine rings is 1. The first-order valence-corrected chi connectivity index (χ1v) is 12.8. The van der Waals surface area contributed by atoms with Crippen molar-refractivity contribution in [1.82, 2.24) is 4.57 Å². The van der Waals surface area contributed by atoms with Gasteiger partial charge < -0.3 is 24.4 Å². The number of carboxylic acid groups (broad SMARTS) is 1. The topological polar surface area (TPSA) is 109 Å². The zero-order valence-electron chi connectivity index (χ0n) is 21.5. The van der Waals surface area contributed by atoms with E-state index in [0.717, 1.165) is 12.8 Å². The third-order valence-corrected chi connectivity index (χ3v) is 7.36. The van der Waals surface area contributed by atoms with Crippen molar-refractivity contribution in [2.45, 2.75) is 45.6 Å². The summed E-state index contributed by atoms with van der Waals surface area (Å²) in [4.78, 5) is 39.1. The summed E-state index contributed by atoms with van der Waals surface area (Å²) in [5.74, 6) is -1.82. The monoisotopic (exact) mass is 544 g/mol. The van der Waals surface area contributed by atoms with E-state index in [1.54, 1.807) is 21.6 Å². The van der Waals surface area contributed by atoms with Crippen LogP contribution in [0.1, 0.15) is 60.6 Å². The SMILES string of the molecule is COc1cc2c(cc1Cc1cc(N3CCCCC3=O)cc(Cl)c1F)c(=O)c(C(=O)O)cn2[C@H](CO)C(C)C. The van der Waals surface area contributed by atoms with Crippen LogP contribution in [-0.2, 0) is 11.2 Å². The van der Waals surface area contributed by atoms with Gasteiger partial charge in [-0.05, 0) is 48.1 Å². The van der Waals surface area contributed by atoms with Crippen LogP contribution in [0, 0.1) is 11.7 Å². The van der Waals surface area contributed by atoms with Crippen molar-refractivity contribution in [1.29, 1.82) is 0 Å². The molecule has 1 aromatic heterocycles. The van der Waals surface area contributed by atoms with Gasteiger partial charge in [0.25, 0.3) is 0 Å². The number of aliphatic hydroxyl groups excluding tert-OH is 1. The van der Waals surface area contributed by atoms with E-state index >= 15 is 4.39 Å². The lowest BCUT2D eigenvalue weighted by atomic mass is 9.98. The second-order valence-electron chi connectivity index (χ2n) is 9.84. The van der Waals surface area contributed by atoms with Crippen molar-refractivity contribution < 1.29 is 28.9 Å².